The van der Waals surface area contributed by atoms with Crippen LogP contribution in [0.1, 0.15) is 46.5 Å². The first-order valence-corrected chi connectivity index (χ1v) is 8.82. The molecule has 2 N–H and O–H groups in total. The third-order valence-electron chi connectivity index (χ3n) is 4.12. The monoisotopic (exact) mass is 377 g/mol. The van der Waals surface area contributed by atoms with Crippen molar-refractivity contribution in [3.8, 4) is 0 Å². The van der Waals surface area contributed by atoms with Crippen molar-refractivity contribution in [1.82, 2.24) is 10.3 Å². The first-order valence-electron chi connectivity index (χ1n) is 8.06. The van der Waals surface area contributed by atoms with Gasteiger partial charge in [0.2, 0.25) is 0 Å². The molecule has 1 aliphatic carbocycles. The van der Waals surface area contributed by atoms with E-state index in [0.717, 1.165) is 25.7 Å². The van der Waals surface area contributed by atoms with Crippen molar-refractivity contribution in [1.29, 1.82) is 0 Å². The molecule has 1 heterocycles. The average molecular weight is 378 g/mol. The molecule has 25 heavy (non-hydrogen) atoms. The summed E-state index contributed by atoms with van der Waals surface area (Å²) in [6.07, 6.45) is 5.72. The van der Waals surface area contributed by atoms with Crippen LogP contribution >= 0.6 is 23.2 Å². The fraction of sp³-hybridized carbons (Fsp3) is 0.278. The molecule has 0 saturated heterocycles. The second-order valence-corrected chi connectivity index (χ2v) is 6.81. The van der Waals surface area contributed by atoms with Gasteiger partial charge in [-0.05, 0) is 43.2 Å². The Kier molecular flexibility index (Phi) is 5.56. The van der Waals surface area contributed by atoms with Crippen molar-refractivity contribution in [2.75, 3.05) is 5.32 Å². The van der Waals surface area contributed by atoms with Gasteiger partial charge in [-0.3, -0.25) is 14.6 Å². The van der Waals surface area contributed by atoms with Crippen LogP contribution < -0.4 is 10.6 Å². The number of amides is 2. The number of rotatable bonds is 4. The Labute approximate surface area is 155 Å². The van der Waals surface area contributed by atoms with E-state index in [9.17, 15) is 9.59 Å². The van der Waals surface area contributed by atoms with Crippen molar-refractivity contribution in [2.45, 2.75) is 31.7 Å². The van der Waals surface area contributed by atoms with E-state index < -0.39 is 5.91 Å². The third-order valence-corrected chi connectivity index (χ3v) is 4.67. The number of aromatic nitrogens is 1. The molecule has 0 atom stereocenters. The number of nitrogens with zero attached hydrogens (tertiary/aromatic N) is 1. The van der Waals surface area contributed by atoms with Crippen LogP contribution in [0.25, 0.3) is 0 Å². The van der Waals surface area contributed by atoms with Crippen LogP contribution in [0.5, 0.6) is 0 Å². The lowest BCUT2D eigenvalue weighted by atomic mass is 10.1. The minimum absolute atomic E-state index is 0.144. The highest BCUT2D eigenvalue weighted by Gasteiger charge is 2.19. The summed E-state index contributed by atoms with van der Waals surface area (Å²) in [6, 6.07) is 8.06. The maximum atomic E-state index is 12.4. The number of hydrogen-bond acceptors (Lipinski definition) is 3. The van der Waals surface area contributed by atoms with Gasteiger partial charge < -0.3 is 10.6 Å². The maximum Gasteiger partial charge on any atom is 0.274 e. The topological polar surface area (TPSA) is 71.1 Å². The van der Waals surface area contributed by atoms with Gasteiger partial charge in [0.15, 0.2) is 0 Å². The van der Waals surface area contributed by atoms with E-state index in [1.807, 2.05) is 0 Å². The van der Waals surface area contributed by atoms with Gasteiger partial charge in [-0.15, -0.1) is 0 Å². The number of hydrogen-bond donors (Lipinski definition) is 2. The zero-order chi connectivity index (χ0) is 17.8. The lowest BCUT2D eigenvalue weighted by molar-refractivity contribution is 0.0937. The predicted octanol–water partition coefficient (Wildman–Crippen LogP) is 4.31. The predicted molar refractivity (Wildman–Crippen MR) is 98.4 cm³/mol. The van der Waals surface area contributed by atoms with Crippen LogP contribution in [0, 0.1) is 0 Å². The summed E-state index contributed by atoms with van der Waals surface area (Å²) in [4.78, 5) is 28.7. The molecule has 0 spiro atoms. The van der Waals surface area contributed by atoms with Gasteiger partial charge in [0, 0.05) is 22.8 Å². The van der Waals surface area contributed by atoms with Crippen LogP contribution in [0.3, 0.4) is 0 Å². The van der Waals surface area contributed by atoms with Crippen LogP contribution in [0.15, 0.2) is 36.5 Å². The second-order valence-electron chi connectivity index (χ2n) is 5.96. The summed E-state index contributed by atoms with van der Waals surface area (Å²) in [5, 5.41) is 6.47. The lowest BCUT2D eigenvalue weighted by Crippen LogP contribution is -2.32. The summed E-state index contributed by atoms with van der Waals surface area (Å²) in [6.45, 7) is 0. The van der Waals surface area contributed by atoms with Gasteiger partial charge in [-0.25, -0.2) is 0 Å². The van der Waals surface area contributed by atoms with Crippen LogP contribution in [0.4, 0.5) is 5.69 Å². The number of halogens is 2. The smallest absolute Gasteiger partial charge is 0.274 e. The molecule has 2 aromatic rings. The second kappa shape index (κ2) is 7.85. The SMILES string of the molecule is O=C(NC1CCCC1)c1ccnc(C(=O)Nc2ccc(Cl)cc2Cl)c1. The number of benzene rings is 1. The summed E-state index contributed by atoms with van der Waals surface area (Å²) >= 11 is 11.9. The first-order chi connectivity index (χ1) is 12.0. The Hall–Kier alpha value is -2.11. The number of nitrogens with one attached hydrogen (secondary N) is 2. The van der Waals surface area contributed by atoms with E-state index in [4.69, 9.17) is 23.2 Å². The fourth-order valence-corrected chi connectivity index (χ4v) is 3.27. The van der Waals surface area contributed by atoms with Gasteiger partial charge in [0.25, 0.3) is 11.8 Å². The quantitative estimate of drug-likeness (QED) is 0.833. The Balaban J connectivity index is 1.71. The Morgan fingerprint density at radius 1 is 1.04 bits per heavy atom. The van der Waals surface area contributed by atoms with Gasteiger partial charge in [0.05, 0.1) is 10.7 Å². The highest BCUT2D eigenvalue weighted by atomic mass is 35.5. The molecule has 1 aliphatic rings. The molecule has 5 nitrogen and oxygen atoms in total. The van der Waals surface area contributed by atoms with Crippen molar-refractivity contribution in [3.05, 3.63) is 57.8 Å². The standard InChI is InChI=1S/C18H17Cl2N3O2/c19-12-5-6-15(14(20)10-12)23-18(25)16-9-11(7-8-21-16)17(24)22-13-3-1-2-4-13/h5-10,13H,1-4H2,(H,22,24)(H,23,25). The molecule has 1 aromatic heterocycles. The lowest BCUT2D eigenvalue weighted by Gasteiger charge is -2.12. The molecule has 2 amide bonds. The number of anilines is 1. The molecule has 3 rings (SSSR count). The highest BCUT2D eigenvalue weighted by Crippen LogP contribution is 2.25. The van der Waals surface area contributed by atoms with Gasteiger partial charge in [-0.1, -0.05) is 36.0 Å². The molecule has 7 heteroatoms. The van der Waals surface area contributed by atoms with E-state index >= 15 is 0 Å². The van der Waals surface area contributed by atoms with Crippen molar-refractivity contribution in [2.24, 2.45) is 0 Å². The van der Waals surface area contributed by atoms with Gasteiger partial charge >= 0.3 is 0 Å². The molecular formula is C18H17Cl2N3O2. The summed E-state index contributed by atoms with van der Waals surface area (Å²) in [7, 11) is 0. The summed E-state index contributed by atoms with van der Waals surface area (Å²) < 4.78 is 0. The van der Waals surface area contributed by atoms with Crippen molar-refractivity contribution in [3.63, 3.8) is 0 Å². The van der Waals surface area contributed by atoms with Gasteiger partial charge in [0.1, 0.15) is 5.69 Å². The fourth-order valence-electron chi connectivity index (χ4n) is 2.81. The summed E-state index contributed by atoms with van der Waals surface area (Å²) in [5.74, 6) is -0.632. The van der Waals surface area contributed by atoms with E-state index in [-0.39, 0.29) is 17.6 Å². The van der Waals surface area contributed by atoms with E-state index in [1.165, 1.54) is 18.3 Å². The molecule has 0 unspecified atom stereocenters. The minimum atomic E-state index is -0.445. The number of carbonyl (C=O) groups is 2. The Bertz CT molecular complexity index is 805. The molecule has 0 radical (unpaired) electrons. The Morgan fingerprint density at radius 2 is 1.80 bits per heavy atom. The van der Waals surface area contributed by atoms with E-state index in [2.05, 4.69) is 15.6 Å². The molecular weight excluding hydrogens is 361 g/mol. The normalized spacial score (nSPS) is 14.3. The third kappa shape index (κ3) is 4.50. The Morgan fingerprint density at radius 3 is 2.52 bits per heavy atom. The largest absolute Gasteiger partial charge is 0.349 e. The number of pyridine rings is 1. The number of carbonyl (C=O) groups excluding carboxylic acids is 2. The molecule has 1 saturated carbocycles. The zero-order valence-electron chi connectivity index (χ0n) is 13.4. The first kappa shape index (κ1) is 17.7. The van der Waals surface area contributed by atoms with Gasteiger partial charge in [-0.2, -0.15) is 0 Å². The minimum Gasteiger partial charge on any atom is -0.349 e. The molecule has 1 aromatic carbocycles. The summed E-state index contributed by atoms with van der Waals surface area (Å²) in [5.41, 5.74) is 0.984. The van der Waals surface area contributed by atoms with Crippen molar-refractivity contribution >= 4 is 40.7 Å². The van der Waals surface area contributed by atoms with Crippen molar-refractivity contribution < 1.29 is 9.59 Å². The molecule has 130 valence electrons. The average Bonchev–Trinajstić information content (AvgIpc) is 3.10. The highest BCUT2D eigenvalue weighted by molar-refractivity contribution is 6.36. The molecule has 1 fully saturated rings. The van der Waals surface area contributed by atoms with E-state index in [0.29, 0.717) is 21.3 Å². The van der Waals surface area contributed by atoms with E-state index in [1.54, 1.807) is 18.2 Å². The molecule has 0 bridgehead atoms. The maximum absolute atomic E-state index is 12.4. The molecule has 0 aliphatic heterocycles. The zero-order valence-corrected chi connectivity index (χ0v) is 14.9. The van der Waals surface area contributed by atoms with Crippen LogP contribution in [-0.2, 0) is 0 Å². The van der Waals surface area contributed by atoms with Crippen LogP contribution in [0.2, 0.25) is 10.0 Å². The van der Waals surface area contributed by atoms with Crippen LogP contribution in [-0.4, -0.2) is 22.8 Å².